The Morgan fingerprint density at radius 2 is 2.06 bits per heavy atom. The van der Waals surface area contributed by atoms with Crippen LogP contribution in [-0.2, 0) is 0 Å². The van der Waals surface area contributed by atoms with E-state index in [1.807, 2.05) is 11.8 Å². The van der Waals surface area contributed by atoms with Gasteiger partial charge in [0.1, 0.15) is 0 Å². The van der Waals surface area contributed by atoms with Crippen LogP contribution in [0.2, 0.25) is 0 Å². The molecule has 2 N–H and O–H groups in total. The van der Waals surface area contributed by atoms with Gasteiger partial charge in [-0.2, -0.15) is 0 Å². The molecule has 0 aromatic carbocycles. The van der Waals surface area contributed by atoms with E-state index in [0.717, 1.165) is 25.9 Å². The number of likely N-dealkylation sites (tertiary alicyclic amines) is 1. The molecule has 0 saturated carbocycles. The number of aliphatic hydroxyl groups excluding tert-OH is 1. The maximum atomic E-state index is 11.7. The minimum atomic E-state index is 0.0913. The first kappa shape index (κ1) is 13.3. The Morgan fingerprint density at radius 1 is 1.50 bits per heavy atom. The van der Waals surface area contributed by atoms with E-state index in [9.17, 15) is 4.79 Å². The van der Waals surface area contributed by atoms with Crippen molar-refractivity contribution in [1.29, 1.82) is 0 Å². The molecule has 5 heteroatoms. The Labute approximate surface area is 97.4 Å². The summed E-state index contributed by atoms with van der Waals surface area (Å²) in [6, 6.07) is 0.656. The summed E-state index contributed by atoms with van der Waals surface area (Å²) in [7, 11) is 3.56. The molecule has 1 aliphatic rings. The number of aliphatic hydroxyl groups is 1. The maximum absolute atomic E-state index is 11.7. The third kappa shape index (κ3) is 3.64. The highest BCUT2D eigenvalue weighted by atomic mass is 16.3. The van der Waals surface area contributed by atoms with Crippen LogP contribution in [0.5, 0.6) is 0 Å². The zero-order valence-electron chi connectivity index (χ0n) is 10.4. The lowest BCUT2D eigenvalue weighted by Crippen LogP contribution is -2.50. The Bertz CT molecular complexity index is 225. The van der Waals surface area contributed by atoms with Crippen LogP contribution in [0.1, 0.15) is 19.8 Å². The Kier molecular flexibility index (Phi) is 5.02. The highest BCUT2D eigenvalue weighted by Crippen LogP contribution is 2.12. The third-order valence-electron chi connectivity index (χ3n) is 2.94. The quantitative estimate of drug-likeness (QED) is 0.722. The van der Waals surface area contributed by atoms with E-state index in [-0.39, 0.29) is 18.7 Å². The zero-order valence-corrected chi connectivity index (χ0v) is 10.4. The van der Waals surface area contributed by atoms with Crippen LogP contribution in [-0.4, -0.2) is 66.8 Å². The lowest BCUT2D eigenvalue weighted by atomic mass is 10.0. The molecular weight excluding hydrogens is 206 g/mol. The predicted molar refractivity (Wildman–Crippen MR) is 63.4 cm³/mol. The number of carbonyl (C=O) groups excluding carboxylic acids is 1. The molecule has 2 amide bonds. The van der Waals surface area contributed by atoms with Gasteiger partial charge in [0.25, 0.3) is 0 Å². The van der Waals surface area contributed by atoms with Crippen LogP contribution >= 0.6 is 0 Å². The first-order valence-electron chi connectivity index (χ1n) is 5.87. The van der Waals surface area contributed by atoms with Crippen LogP contribution in [0, 0.1) is 0 Å². The maximum Gasteiger partial charge on any atom is 0.319 e. The molecule has 1 fully saturated rings. The second-order valence-electron chi connectivity index (χ2n) is 4.69. The second kappa shape index (κ2) is 6.06. The summed E-state index contributed by atoms with van der Waals surface area (Å²) < 4.78 is 0. The van der Waals surface area contributed by atoms with Gasteiger partial charge in [-0.1, -0.05) is 0 Å². The molecule has 1 unspecified atom stereocenters. The summed E-state index contributed by atoms with van der Waals surface area (Å²) in [6.07, 6.45) is 1.92. The van der Waals surface area contributed by atoms with Gasteiger partial charge < -0.3 is 20.2 Å². The van der Waals surface area contributed by atoms with Gasteiger partial charge in [-0.25, -0.2) is 4.79 Å². The molecule has 16 heavy (non-hydrogen) atoms. The minimum Gasteiger partial charge on any atom is -0.395 e. The smallest absolute Gasteiger partial charge is 0.319 e. The van der Waals surface area contributed by atoms with E-state index < -0.39 is 0 Å². The molecule has 1 atom stereocenters. The number of hydrogen-bond acceptors (Lipinski definition) is 3. The van der Waals surface area contributed by atoms with E-state index in [1.165, 1.54) is 0 Å². The fourth-order valence-corrected chi connectivity index (χ4v) is 1.98. The highest BCUT2D eigenvalue weighted by molar-refractivity contribution is 5.73. The molecule has 0 bridgehead atoms. The Balaban J connectivity index is 2.31. The molecule has 0 radical (unpaired) electrons. The summed E-state index contributed by atoms with van der Waals surface area (Å²) in [5.41, 5.74) is 0. The number of amides is 2. The number of piperidine rings is 1. The van der Waals surface area contributed by atoms with E-state index in [1.54, 1.807) is 19.0 Å². The topological polar surface area (TPSA) is 55.8 Å². The molecule has 5 nitrogen and oxygen atoms in total. The van der Waals surface area contributed by atoms with E-state index in [0.29, 0.717) is 6.04 Å². The summed E-state index contributed by atoms with van der Waals surface area (Å²) >= 11 is 0. The number of nitrogens with zero attached hydrogens (tertiary/aromatic N) is 2. The van der Waals surface area contributed by atoms with E-state index >= 15 is 0 Å². The number of hydrogen-bond donors (Lipinski definition) is 2. The molecule has 0 spiro atoms. The van der Waals surface area contributed by atoms with Gasteiger partial charge in [0.15, 0.2) is 0 Å². The standard InChI is InChI=1S/C11H23N3O2/c1-9(8-15)12-10-4-6-14(7-5-10)11(16)13(2)3/h9-10,12,15H,4-8H2,1-3H3. The van der Waals surface area contributed by atoms with Gasteiger partial charge >= 0.3 is 6.03 Å². The van der Waals surface area contributed by atoms with Gasteiger partial charge in [0, 0.05) is 39.3 Å². The van der Waals surface area contributed by atoms with Gasteiger partial charge in [-0.15, -0.1) is 0 Å². The molecule has 1 rings (SSSR count). The van der Waals surface area contributed by atoms with Crippen LogP contribution in [0.15, 0.2) is 0 Å². The molecule has 1 heterocycles. The third-order valence-corrected chi connectivity index (χ3v) is 2.94. The van der Waals surface area contributed by atoms with Crippen LogP contribution < -0.4 is 5.32 Å². The van der Waals surface area contributed by atoms with Crippen molar-refractivity contribution in [3.05, 3.63) is 0 Å². The highest BCUT2D eigenvalue weighted by Gasteiger charge is 2.24. The monoisotopic (exact) mass is 229 g/mol. The number of nitrogens with one attached hydrogen (secondary N) is 1. The lowest BCUT2D eigenvalue weighted by Gasteiger charge is -2.35. The van der Waals surface area contributed by atoms with Crippen molar-refractivity contribution in [2.75, 3.05) is 33.8 Å². The molecule has 0 aromatic rings. The first-order chi connectivity index (χ1) is 7.54. The van der Waals surface area contributed by atoms with Gasteiger partial charge in [0.2, 0.25) is 0 Å². The number of rotatable bonds is 3. The second-order valence-corrected chi connectivity index (χ2v) is 4.69. The predicted octanol–water partition coefficient (Wildman–Crippen LogP) is 0.103. The van der Waals surface area contributed by atoms with Crippen molar-refractivity contribution in [3.63, 3.8) is 0 Å². The van der Waals surface area contributed by atoms with Gasteiger partial charge in [0.05, 0.1) is 6.61 Å². The first-order valence-corrected chi connectivity index (χ1v) is 5.87. The van der Waals surface area contributed by atoms with Gasteiger partial charge in [-0.05, 0) is 19.8 Å². The van der Waals surface area contributed by atoms with Crippen molar-refractivity contribution in [3.8, 4) is 0 Å². The average molecular weight is 229 g/mol. The normalized spacial score (nSPS) is 19.6. The summed E-state index contributed by atoms with van der Waals surface area (Å²) in [4.78, 5) is 15.2. The van der Waals surface area contributed by atoms with Crippen LogP contribution in [0.4, 0.5) is 4.79 Å². The molecular formula is C11H23N3O2. The Hall–Kier alpha value is -0.810. The fraction of sp³-hybridized carbons (Fsp3) is 0.909. The molecule has 1 saturated heterocycles. The summed E-state index contributed by atoms with van der Waals surface area (Å²) in [5, 5.41) is 12.3. The van der Waals surface area contributed by atoms with Crippen molar-refractivity contribution in [1.82, 2.24) is 15.1 Å². The molecule has 1 aliphatic heterocycles. The van der Waals surface area contributed by atoms with Crippen LogP contribution in [0.25, 0.3) is 0 Å². The van der Waals surface area contributed by atoms with Crippen molar-refractivity contribution >= 4 is 6.03 Å². The summed E-state index contributed by atoms with van der Waals surface area (Å²) in [5.74, 6) is 0. The van der Waals surface area contributed by atoms with Crippen molar-refractivity contribution in [2.24, 2.45) is 0 Å². The number of carbonyl (C=O) groups is 1. The summed E-state index contributed by atoms with van der Waals surface area (Å²) in [6.45, 7) is 3.73. The average Bonchev–Trinajstić information content (AvgIpc) is 2.28. The molecule has 0 aromatic heterocycles. The van der Waals surface area contributed by atoms with Gasteiger partial charge in [-0.3, -0.25) is 0 Å². The van der Waals surface area contributed by atoms with Crippen molar-refractivity contribution in [2.45, 2.75) is 31.8 Å². The fourth-order valence-electron chi connectivity index (χ4n) is 1.98. The molecule has 94 valence electrons. The van der Waals surface area contributed by atoms with Crippen molar-refractivity contribution < 1.29 is 9.90 Å². The Morgan fingerprint density at radius 3 is 2.50 bits per heavy atom. The van der Waals surface area contributed by atoms with E-state index in [2.05, 4.69) is 5.32 Å². The lowest BCUT2D eigenvalue weighted by molar-refractivity contribution is 0.147. The van der Waals surface area contributed by atoms with Crippen LogP contribution in [0.3, 0.4) is 0 Å². The SMILES string of the molecule is CC(CO)NC1CCN(C(=O)N(C)C)CC1. The zero-order chi connectivity index (χ0) is 12.1. The minimum absolute atomic E-state index is 0.0913. The van der Waals surface area contributed by atoms with E-state index in [4.69, 9.17) is 5.11 Å². The number of urea groups is 1. The molecule has 0 aliphatic carbocycles. The largest absolute Gasteiger partial charge is 0.395 e.